The molecule has 1 N–H and O–H groups in total. The predicted octanol–water partition coefficient (Wildman–Crippen LogP) is 5.94. The predicted molar refractivity (Wildman–Crippen MR) is 136 cm³/mol. The number of aromatic nitrogens is 2. The van der Waals surface area contributed by atoms with Gasteiger partial charge in [-0.1, -0.05) is 54.6 Å². The molecule has 0 atom stereocenters. The van der Waals surface area contributed by atoms with E-state index in [2.05, 4.69) is 4.99 Å². The summed E-state index contributed by atoms with van der Waals surface area (Å²) in [5.74, 6) is -0.200. The molecule has 0 spiro atoms. The van der Waals surface area contributed by atoms with Crippen molar-refractivity contribution in [3.05, 3.63) is 110 Å². The molecule has 0 radical (unpaired) electrons. The average molecular weight is 452 g/mol. The minimum atomic E-state index is -0.387. The van der Waals surface area contributed by atoms with Crippen LogP contribution in [0.5, 0.6) is 5.88 Å². The number of benzene rings is 3. The monoisotopic (exact) mass is 451 g/mol. The van der Waals surface area contributed by atoms with Crippen LogP contribution in [0.3, 0.4) is 0 Å². The van der Waals surface area contributed by atoms with Crippen molar-refractivity contribution in [1.82, 2.24) is 9.13 Å². The molecular weight excluding hydrogens is 430 g/mol. The van der Waals surface area contributed by atoms with Gasteiger partial charge in [0.2, 0.25) is 5.88 Å². The molecule has 162 valence electrons. The quantitative estimate of drug-likeness (QED) is 0.392. The maximum absolute atomic E-state index is 13.8. The Balaban J connectivity index is 1.88. The Kier molecular flexibility index (Phi) is 5.15. The minimum absolute atomic E-state index is 0.147. The zero-order valence-electron chi connectivity index (χ0n) is 18.2. The van der Waals surface area contributed by atoms with Gasteiger partial charge < -0.3 is 5.11 Å². The van der Waals surface area contributed by atoms with Crippen molar-refractivity contribution in [2.45, 2.75) is 13.8 Å². The number of allylic oxidation sites excluding steroid dienone is 1. The van der Waals surface area contributed by atoms with Gasteiger partial charge in [-0.2, -0.15) is 0 Å². The Morgan fingerprint density at radius 2 is 1.42 bits per heavy atom. The smallest absolute Gasteiger partial charge is 0.270 e. The largest absolute Gasteiger partial charge is 0.494 e. The normalized spacial score (nSPS) is 13.5. The molecule has 0 bridgehead atoms. The fourth-order valence-electron chi connectivity index (χ4n) is 4.11. The van der Waals surface area contributed by atoms with Crippen LogP contribution in [-0.4, -0.2) is 20.5 Å². The van der Waals surface area contributed by atoms with Crippen LogP contribution in [-0.2, 0) is 0 Å². The molecule has 5 rings (SSSR count). The summed E-state index contributed by atoms with van der Waals surface area (Å²) in [7, 11) is 0. The number of para-hydroxylation sites is 3. The third kappa shape index (κ3) is 3.45. The molecule has 0 fully saturated rings. The van der Waals surface area contributed by atoms with Crippen molar-refractivity contribution >= 4 is 35.8 Å². The number of fused-ring (bicyclic) bond motifs is 1. The molecule has 0 saturated heterocycles. The van der Waals surface area contributed by atoms with E-state index in [4.69, 9.17) is 12.2 Å². The summed E-state index contributed by atoms with van der Waals surface area (Å²) in [5.41, 5.74) is 5.46. The van der Waals surface area contributed by atoms with E-state index in [1.807, 2.05) is 86.6 Å². The molecule has 6 heteroatoms. The van der Waals surface area contributed by atoms with E-state index in [1.165, 1.54) is 4.57 Å². The molecule has 1 aliphatic heterocycles. The van der Waals surface area contributed by atoms with Crippen LogP contribution in [0.25, 0.3) is 23.0 Å². The Hall–Kier alpha value is -4.03. The van der Waals surface area contributed by atoms with Gasteiger partial charge in [0.15, 0.2) is 4.77 Å². The van der Waals surface area contributed by atoms with E-state index >= 15 is 0 Å². The van der Waals surface area contributed by atoms with Gasteiger partial charge in [-0.05, 0) is 61.5 Å². The van der Waals surface area contributed by atoms with Crippen molar-refractivity contribution in [2.24, 2.45) is 4.99 Å². The summed E-state index contributed by atoms with van der Waals surface area (Å²) in [6.45, 7) is 3.87. The van der Waals surface area contributed by atoms with Gasteiger partial charge in [0.05, 0.1) is 17.1 Å². The number of rotatable bonds is 3. The maximum Gasteiger partial charge on any atom is 0.270 e. The van der Waals surface area contributed by atoms with Gasteiger partial charge in [-0.15, -0.1) is 0 Å². The van der Waals surface area contributed by atoms with E-state index in [1.54, 1.807) is 16.9 Å². The second-order valence-electron chi connectivity index (χ2n) is 7.94. The highest BCUT2D eigenvalue weighted by Crippen LogP contribution is 2.34. The van der Waals surface area contributed by atoms with E-state index in [-0.39, 0.29) is 21.8 Å². The van der Waals surface area contributed by atoms with E-state index < -0.39 is 0 Å². The number of hydrogen-bond acceptors (Lipinski definition) is 4. The van der Waals surface area contributed by atoms with Crippen LogP contribution in [0, 0.1) is 18.6 Å². The third-order valence-electron chi connectivity index (χ3n) is 5.84. The first-order valence-electron chi connectivity index (χ1n) is 10.6. The van der Waals surface area contributed by atoms with Gasteiger partial charge >= 0.3 is 0 Å². The molecule has 0 amide bonds. The lowest BCUT2D eigenvalue weighted by atomic mass is 10.0. The minimum Gasteiger partial charge on any atom is -0.494 e. The van der Waals surface area contributed by atoms with Gasteiger partial charge in [0.25, 0.3) is 5.56 Å². The number of aryl methyl sites for hydroxylation is 2. The molecular formula is C27H21N3O2S. The summed E-state index contributed by atoms with van der Waals surface area (Å²) < 4.78 is 3.24. The Bertz CT molecular complexity index is 1590. The fraction of sp³-hybridized carbons (Fsp3) is 0.0741. The van der Waals surface area contributed by atoms with Crippen LogP contribution >= 0.6 is 12.2 Å². The Morgan fingerprint density at radius 3 is 2.09 bits per heavy atom. The molecule has 0 aliphatic carbocycles. The Morgan fingerprint density at radius 1 is 0.848 bits per heavy atom. The summed E-state index contributed by atoms with van der Waals surface area (Å²) in [6.07, 6.45) is 3.40. The standard InChI is InChI=1S/C27H21N3O2S/c1-17-9-3-7-13-23(17)29-25(31)21(15-19-16-28-22-12-6-5-11-20(19)22)26(32)30(27(29)33)24-14-8-4-10-18(24)2/h3-16,31H,1-2H3/b19-15-. The lowest BCUT2D eigenvalue weighted by Crippen LogP contribution is -2.26. The van der Waals surface area contributed by atoms with Crippen LogP contribution in [0.1, 0.15) is 22.3 Å². The molecule has 5 nitrogen and oxygen atoms in total. The third-order valence-corrected chi connectivity index (χ3v) is 6.20. The SMILES string of the molecule is Cc1ccccc1-n1c(O)c(/C=C2/C=Nc3ccccc32)c(=O)n(-c2ccccc2C)c1=S. The van der Waals surface area contributed by atoms with Crippen LogP contribution in [0.4, 0.5) is 5.69 Å². The summed E-state index contributed by atoms with van der Waals surface area (Å²) in [5, 5.41) is 11.4. The summed E-state index contributed by atoms with van der Waals surface area (Å²) >= 11 is 5.77. The first-order chi connectivity index (χ1) is 16.0. The van der Waals surface area contributed by atoms with E-state index in [0.29, 0.717) is 11.4 Å². The van der Waals surface area contributed by atoms with Crippen molar-refractivity contribution < 1.29 is 5.11 Å². The van der Waals surface area contributed by atoms with Crippen molar-refractivity contribution in [1.29, 1.82) is 0 Å². The molecule has 33 heavy (non-hydrogen) atoms. The van der Waals surface area contributed by atoms with E-state index in [9.17, 15) is 9.90 Å². The highest BCUT2D eigenvalue weighted by Gasteiger charge is 2.21. The highest BCUT2D eigenvalue weighted by atomic mass is 32.1. The highest BCUT2D eigenvalue weighted by molar-refractivity contribution is 7.71. The second-order valence-corrected chi connectivity index (χ2v) is 8.31. The van der Waals surface area contributed by atoms with Crippen molar-refractivity contribution in [3.63, 3.8) is 0 Å². The lowest BCUT2D eigenvalue weighted by Gasteiger charge is -2.19. The van der Waals surface area contributed by atoms with Gasteiger partial charge in [0.1, 0.15) is 5.56 Å². The lowest BCUT2D eigenvalue weighted by molar-refractivity contribution is 0.429. The average Bonchev–Trinajstić information content (AvgIpc) is 3.22. The second kappa shape index (κ2) is 8.15. The molecule has 3 aromatic carbocycles. The maximum atomic E-state index is 13.8. The van der Waals surface area contributed by atoms with Crippen molar-refractivity contribution in [3.8, 4) is 17.3 Å². The number of aromatic hydroxyl groups is 1. The topological polar surface area (TPSA) is 59.5 Å². The van der Waals surface area contributed by atoms with Crippen molar-refractivity contribution in [2.75, 3.05) is 0 Å². The van der Waals surface area contributed by atoms with Crippen LogP contribution in [0.2, 0.25) is 0 Å². The summed E-state index contributed by atoms with van der Waals surface area (Å²) in [6, 6.07) is 22.9. The first kappa shape index (κ1) is 20.8. The molecule has 1 aliphatic rings. The van der Waals surface area contributed by atoms with Crippen LogP contribution in [0.15, 0.2) is 82.6 Å². The number of aliphatic imine (C=N–C) groups is 1. The molecule has 1 aromatic heterocycles. The van der Waals surface area contributed by atoms with Gasteiger partial charge in [0, 0.05) is 17.4 Å². The summed E-state index contributed by atoms with van der Waals surface area (Å²) in [4.78, 5) is 18.2. The van der Waals surface area contributed by atoms with Gasteiger partial charge in [-0.3, -0.25) is 18.9 Å². The number of nitrogens with zero attached hydrogens (tertiary/aromatic N) is 3. The zero-order chi connectivity index (χ0) is 23.1. The molecule has 2 heterocycles. The zero-order valence-corrected chi connectivity index (χ0v) is 19.0. The van der Waals surface area contributed by atoms with E-state index in [0.717, 1.165) is 28.0 Å². The number of hydrogen-bond donors (Lipinski definition) is 1. The Labute approximate surface area is 196 Å². The van der Waals surface area contributed by atoms with Crippen LogP contribution < -0.4 is 5.56 Å². The molecule has 0 unspecified atom stereocenters. The molecule has 0 saturated carbocycles. The van der Waals surface area contributed by atoms with Gasteiger partial charge in [-0.25, -0.2) is 0 Å². The first-order valence-corrected chi connectivity index (χ1v) is 11.0. The molecule has 4 aromatic rings. The fourth-order valence-corrected chi connectivity index (χ4v) is 4.47.